The molecule has 1 unspecified atom stereocenters. The number of nitrogens with zero attached hydrogens (tertiary/aromatic N) is 5. The van der Waals surface area contributed by atoms with E-state index in [1.54, 1.807) is 10.9 Å². The van der Waals surface area contributed by atoms with Gasteiger partial charge >= 0.3 is 0 Å². The molecule has 7 heteroatoms. The number of nitrogens with two attached hydrogens (primary N) is 1. The van der Waals surface area contributed by atoms with Crippen molar-refractivity contribution in [3.05, 3.63) is 70.8 Å². The van der Waals surface area contributed by atoms with E-state index in [1.807, 2.05) is 37.5 Å². The third kappa shape index (κ3) is 3.05. The number of nitriles is 1. The Hall–Kier alpha value is -3.53. The molecule has 0 aliphatic carbocycles. The third-order valence-corrected chi connectivity index (χ3v) is 5.45. The first-order valence-electron chi connectivity index (χ1n) is 10.0. The molecular weight excluding hydrogens is 376 g/mol. The number of imidazole rings is 1. The summed E-state index contributed by atoms with van der Waals surface area (Å²) in [5.41, 5.74) is 10.1. The molecule has 2 N–H and O–H groups in total. The second-order valence-corrected chi connectivity index (χ2v) is 8.52. The quantitative estimate of drug-likeness (QED) is 0.721. The van der Waals surface area contributed by atoms with Crippen LogP contribution in [0.1, 0.15) is 56.3 Å². The summed E-state index contributed by atoms with van der Waals surface area (Å²) in [6, 6.07) is 10.4. The number of aryl methyl sites for hydroxylation is 2. The van der Waals surface area contributed by atoms with E-state index in [0.717, 1.165) is 34.8 Å². The van der Waals surface area contributed by atoms with E-state index in [4.69, 9.17) is 15.6 Å². The van der Waals surface area contributed by atoms with Gasteiger partial charge in [-0.15, -0.1) is 0 Å². The Kier molecular flexibility index (Phi) is 4.65. The molecule has 30 heavy (non-hydrogen) atoms. The largest absolute Gasteiger partial charge is 0.422 e. The van der Waals surface area contributed by atoms with Gasteiger partial charge in [-0.05, 0) is 17.7 Å². The fraction of sp³-hybridized carbons (Fsp3) is 0.348. The summed E-state index contributed by atoms with van der Waals surface area (Å²) in [6.07, 6.45) is 4.61. The Morgan fingerprint density at radius 2 is 1.93 bits per heavy atom. The van der Waals surface area contributed by atoms with Crippen LogP contribution in [0, 0.1) is 11.3 Å². The molecular formula is C23H26N6O. The van der Waals surface area contributed by atoms with Crippen molar-refractivity contribution < 1.29 is 4.74 Å². The monoisotopic (exact) mass is 402 g/mol. The van der Waals surface area contributed by atoms with Crippen molar-refractivity contribution in [1.29, 1.82) is 5.26 Å². The van der Waals surface area contributed by atoms with Gasteiger partial charge in [0.05, 0.1) is 17.2 Å². The highest BCUT2D eigenvalue weighted by Gasteiger charge is 2.39. The van der Waals surface area contributed by atoms with Gasteiger partial charge in [0.1, 0.15) is 17.5 Å². The minimum atomic E-state index is -0.329. The first kappa shape index (κ1) is 19.8. The number of aromatic nitrogens is 4. The zero-order valence-electron chi connectivity index (χ0n) is 18.0. The molecule has 0 amide bonds. The van der Waals surface area contributed by atoms with Crippen molar-refractivity contribution in [2.75, 3.05) is 0 Å². The molecule has 1 atom stereocenters. The van der Waals surface area contributed by atoms with Crippen LogP contribution in [0.25, 0.3) is 5.69 Å². The number of benzene rings is 1. The molecule has 0 fully saturated rings. The Bertz CT molecular complexity index is 1170. The Balaban J connectivity index is 1.87. The lowest BCUT2D eigenvalue weighted by molar-refractivity contribution is 0.358. The van der Waals surface area contributed by atoms with Crippen LogP contribution in [0.4, 0.5) is 0 Å². The highest BCUT2D eigenvalue weighted by molar-refractivity contribution is 5.57. The van der Waals surface area contributed by atoms with Gasteiger partial charge in [-0.1, -0.05) is 39.8 Å². The van der Waals surface area contributed by atoms with Crippen molar-refractivity contribution in [2.24, 2.45) is 12.8 Å². The minimum absolute atomic E-state index is 0.130. The average Bonchev–Trinajstić information content (AvgIpc) is 3.31. The summed E-state index contributed by atoms with van der Waals surface area (Å²) >= 11 is 0. The second kappa shape index (κ2) is 7.06. The number of ether oxygens (including phenoxy) is 1. The molecule has 4 rings (SSSR count). The van der Waals surface area contributed by atoms with Crippen molar-refractivity contribution >= 4 is 0 Å². The van der Waals surface area contributed by atoms with E-state index in [9.17, 15) is 5.26 Å². The van der Waals surface area contributed by atoms with E-state index in [1.165, 1.54) is 0 Å². The number of rotatable bonds is 3. The summed E-state index contributed by atoms with van der Waals surface area (Å²) in [6.45, 7) is 8.40. The number of hydrogen-bond acceptors (Lipinski definition) is 5. The van der Waals surface area contributed by atoms with Crippen LogP contribution in [0.5, 0.6) is 5.88 Å². The first-order chi connectivity index (χ1) is 14.3. The molecule has 3 heterocycles. The lowest BCUT2D eigenvalue weighted by atomic mass is 9.79. The van der Waals surface area contributed by atoms with Gasteiger partial charge in [0.25, 0.3) is 0 Å². The lowest BCUT2D eigenvalue weighted by Gasteiger charge is -2.27. The smallest absolute Gasteiger partial charge is 0.224 e. The molecule has 1 aromatic carbocycles. The topological polar surface area (TPSA) is 94.7 Å². The van der Waals surface area contributed by atoms with Gasteiger partial charge in [0.2, 0.25) is 11.8 Å². The van der Waals surface area contributed by atoms with Crippen LogP contribution in [-0.2, 0) is 18.9 Å². The molecule has 0 bridgehead atoms. The van der Waals surface area contributed by atoms with Crippen LogP contribution in [0.2, 0.25) is 0 Å². The molecule has 1 aliphatic rings. The third-order valence-electron chi connectivity index (χ3n) is 5.45. The van der Waals surface area contributed by atoms with E-state index in [2.05, 4.69) is 43.3 Å². The summed E-state index contributed by atoms with van der Waals surface area (Å²) in [7, 11) is 1.84. The van der Waals surface area contributed by atoms with Gasteiger partial charge in [-0.3, -0.25) is 0 Å². The van der Waals surface area contributed by atoms with Crippen LogP contribution >= 0.6 is 0 Å². The maximum atomic E-state index is 9.88. The standard InChI is InChI=1S/C23H26N6O/c1-6-17-26-11-12-29(17)15-9-7-14(8-10-15)18-16(13-24)21(25)30-22-19(18)20(23(2,3)4)27-28(22)5/h7-12,18H,6,25H2,1-5H3. The number of hydrogen-bond donors (Lipinski definition) is 1. The lowest BCUT2D eigenvalue weighted by Crippen LogP contribution is -2.24. The van der Waals surface area contributed by atoms with Crippen LogP contribution < -0.4 is 10.5 Å². The van der Waals surface area contributed by atoms with Crippen LogP contribution in [0.3, 0.4) is 0 Å². The maximum Gasteiger partial charge on any atom is 0.224 e. The summed E-state index contributed by atoms with van der Waals surface area (Å²) in [5.74, 6) is 1.39. The van der Waals surface area contributed by atoms with Gasteiger partial charge in [0.15, 0.2) is 0 Å². The highest BCUT2D eigenvalue weighted by Crippen LogP contribution is 2.46. The first-order valence-corrected chi connectivity index (χ1v) is 10.0. The molecule has 0 saturated heterocycles. The maximum absolute atomic E-state index is 9.88. The van der Waals surface area contributed by atoms with Gasteiger partial charge < -0.3 is 15.0 Å². The van der Waals surface area contributed by atoms with Gasteiger partial charge in [-0.2, -0.15) is 10.4 Å². The van der Waals surface area contributed by atoms with Gasteiger partial charge in [-0.25, -0.2) is 9.67 Å². The number of fused-ring (bicyclic) bond motifs is 1. The van der Waals surface area contributed by atoms with E-state index >= 15 is 0 Å². The summed E-state index contributed by atoms with van der Waals surface area (Å²) in [4.78, 5) is 4.40. The normalized spacial score (nSPS) is 16.2. The fourth-order valence-corrected chi connectivity index (χ4v) is 4.02. The average molecular weight is 403 g/mol. The second-order valence-electron chi connectivity index (χ2n) is 8.52. The Labute approximate surface area is 176 Å². The van der Waals surface area contributed by atoms with E-state index in [0.29, 0.717) is 11.5 Å². The molecule has 154 valence electrons. The highest BCUT2D eigenvalue weighted by atomic mass is 16.5. The number of allylic oxidation sites excluding steroid dienone is 1. The molecule has 2 aromatic heterocycles. The fourth-order valence-electron chi connectivity index (χ4n) is 4.02. The molecule has 0 radical (unpaired) electrons. The minimum Gasteiger partial charge on any atom is -0.422 e. The molecule has 3 aromatic rings. The Morgan fingerprint density at radius 3 is 2.53 bits per heavy atom. The summed E-state index contributed by atoms with van der Waals surface area (Å²) in [5, 5.41) is 14.6. The molecule has 1 aliphatic heterocycles. The van der Waals surface area contributed by atoms with Crippen molar-refractivity contribution in [3.8, 4) is 17.6 Å². The van der Waals surface area contributed by atoms with Crippen LogP contribution in [0.15, 0.2) is 48.1 Å². The zero-order valence-corrected chi connectivity index (χ0v) is 18.0. The molecule has 0 saturated carbocycles. The van der Waals surface area contributed by atoms with Crippen molar-refractivity contribution in [2.45, 2.75) is 45.4 Å². The van der Waals surface area contributed by atoms with Crippen LogP contribution in [-0.4, -0.2) is 19.3 Å². The molecule has 0 spiro atoms. The predicted octanol–water partition coefficient (Wildman–Crippen LogP) is 3.68. The SMILES string of the molecule is CCc1nccn1-c1ccc(C2C(C#N)=C(N)Oc3c2c(C(C)(C)C)nn3C)cc1. The van der Waals surface area contributed by atoms with E-state index in [-0.39, 0.29) is 17.2 Å². The van der Waals surface area contributed by atoms with Gasteiger partial charge in [0, 0.05) is 37.0 Å². The summed E-state index contributed by atoms with van der Waals surface area (Å²) < 4.78 is 9.60. The van der Waals surface area contributed by atoms with Crippen molar-refractivity contribution in [1.82, 2.24) is 19.3 Å². The zero-order chi connectivity index (χ0) is 21.6. The van der Waals surface area contributed by atoms with E-state index < -0.39 is 0 Å². The predicted molar refractivity (Wildman–Crippen MR) is 114 cm³/mol. The van der Waals surface area contributed by atoms with Crippen molar-refractivity contribution in [3.63, 3.8) is 0 Å². The Morgan fingerprint density at radius 1 is 1.23 bits per heavy atom. The molecule has 7 nitrogen and oxygen atoms in total.